The second-order valence-corrected chi connectivity index (χ2v) is 15.8. The molecule has 1 heterocycles. The number of rotatable bonds is 10. The van der Waals surface area contributed by atoms with E-state index in [4.69, 9.17) is 14.2 Å². The summed E-state index contributed by atoms with van der Waals surface area (Å²) >= 11 is 6.71. The highest BCUT2D eigenvalue weighted by Gasteiger charge is 2.46. The summed E-state index contributed by atoms with van der Waals surface area (Å²) in [5.41, 5.74) is 1.48. The highest BCUT2D eigenvalue weighted by molar-refractivity contribution is 9.10. The number of epoxide rings is 1. The number of esters is 2. The van der Waals surface area contributed by atoms with Gasteiger partial charge in [0, 0.05) is 27.4 Å². The van der Waals surface area contributed by atoms with Crippen LogP contribution in [0.15, 0.2) is 57.5 Å². The quantitative estimate of drug-likeness (QED) is 0.117. The minimum absolute atomic E-state index is 0. The zero-order valence-electron chi connectivity index (χ0n) is 24.7. The van der Waals surface area contributed by atoms with Gasteiger partial charge in [-0.3, -0.25) is 14.4 Å². The Hall–Kier alpha value is -1.15. The average Bonchev–Trinajstić information content (AvgIpc) is 3.62. The van der Waals surface area contributed by atoms with Crippen molar-refractivity contribution >= 4 is 59.5 Å². The first-order valence-corrected chi connectivity index (χ1v) is 17.3. The van der Waals surface area contributed by atoms with Crippen molar-refractivity contribution in [2.24, 2.45) is 0 Å². The number of Topliss-reactive ketones (excluding diaryl/α,β-unsaturated/α-hetero) is 1. The summed E-state index contributed by atoms with van der Waals surface area (Å²) < 4.78 is 27.8. The fourth-order valence-corrected chi connectivity index (χ4v) is 3.77. The van der Waals surface area contributed by atoms with Crippen LogP contribution in [-0.4, -0.2) is 55.3 Å². The average molecular weight is 832 g/mol. The molecule has 0 amide bonds. The molecule has 0 saturated carbocycles. The van der Waals surface area contributed by atoms with E-state index in [0.29, 0.717) is 25.0 Å². The molecule has 11 heteroatoms. The topological polar surface area (TPSA) is 99.3 Å². The number of ketones is 1. The van der Waals surface area contributed by atoms with Gasteiger partial charge in [0.2, 0.25) is 0 Å². The zero-order valence-corrected chi connectivity index (χ0v) is 30.9. The Morgan fingerprint density at radius 2 is 1.20 bits per heavy atom. The summed E-state index contributed by atoms with van der Waals surface area (Å²) in [4.78, 5) is 34.5. The molecule has 1 fully saturated rings. The Morgan fingerprint density at radius 3 is 1.59 bits per heavy atom. The number of hydrogen-bond donors (Lipinski definition) is 0. The van der Waals surface area contributed by atoms with Crippen LogP contribution in [0.5, 0.6) is 0 Å². The van der Waals surface area contributed by atoms with Gasteiger partial charge in [0.25, 0.3) is 0 Å². The van der Waals surface area contributed by atoms with Gasteiger partial charge in [-0.25, -0.2) is 0 Å². The lowest BCUT2D eigenvalue weighted by atomic mass is 9.95. The second kappa shape index (κ2) is 19.2. The van der Waals surface area contributed by atoms with Crippen LogP contribution in [0.3, 0.4) is 0 Å². The molecule has 2 aromatic rings. The molecule has 0 spiro atoms. The van der Waals surface area contributed by atoms with Crippen LogP contribution >= 0.6 is 31.9 Å². The number of halogens is 3. The molecular weight excluding hydrogens is 791 g/mol. The Bertz CT molecular complexity index is 1130. The monoisotopic (exact) mass is 830 g/mol. The first kappa shape index (κ1) is 39.8. The van der Waals surface area contributed by atoms with Crippen molar-refractivity contribution in [3.05, 3.63) is 68.6 Å². The van der Waals surface area contributed by atoms with E-state index in [0.717, 1.165) is 14.5 Å². The second-order valence-electron chi connectivity index (χ2n) is 10.5. The molecule has 3 rings (SSSR count). The molecule has 230 valence electrons. The molecule has 0 radical (unpaired) electrons. The van der Waals surface area contributed by atoms with Gasteiger partial charge in [-0.2, -0.15) is 0 Å². The zero-order chi connectivity index (χ0) is 30.5. The molecule has 0 bridgehead atoms. The molecular formula is C30H41Br2IO7S. The molecule has 1 atom stereocenters. The van der Waals surface area contributed by atoms with Crippen LogP contribution in [0.4, 0.5) is 0 Å². The van der Waals surface area contributed by atoms with Crippen molar-refractivity contribution in [1.29, 1.82) is 0 Å². The predicted molar refractivity (Wildman–Crippen MR) is 167 cm³/mol. The Kier molecular flexibility index (Phi) is 18.7. The summed E-state index contributed by atoms with van der Waals surface area (Å²) in [6, 6.07) is 15.1. The number of carbonyl (C=O) groups excluding carboxylic acids is 3. The van der Waals surface area contributed by atoms with Crippen molar-refractivity contribution < 1.29 is 56.8 Å². The Balaban J connectivity index is 0.000000658. The van der Waals surface area contributed by atoms with E-state index < -0.39 is 9.93 Å². The van der Waals surface area contributed by atoms with Crippen LogP contribution in [0.25, 0.3) is 0 Å². The van der Waals surface area contributed by atoms with Gasteiger partial charge in [-0.1, -0.05) is 56.1 Å². The van der Waals surface area contributed by atoms with Crippen LogP contribution in [0.2, 0.25) is 0 Å². The molecule has 0 N–H and O–H groups in total. The van der Waals surface area contributed by atoms with Gasteiger partial charge in [0.15, 0.2) is 5.78 Å². The van der Waals surface area contributed by atoms with Crippen molar-refractivity contribution in [2.75, 3.05) is 25.4 Å². The van der Waals surface area contributed by atoms with Crippen molar-refractivity contribution in [3.8, 4) is 0 Å². The van der Waals surface area contributed by atoms with Crippen LogP contribution in [-0.2, 0) is 43.5 Å². The maximum Gasteiger partial charge on any atom is 0.306 e. The largest absolute Gasteiger partial charge is 1.00 e. The molecule has 1 saturated heterocycles. The SMILES string of the molecule is CC(C)OC(=O)CCC(=O)c1ccc(Br)cc1.CC(C)OC(=O)CCC1(c2ccc(Br)cc2)CO1.C[S+](C)(C)=O.[I-]. The lowest BCUT2D eigenvalue weighted by Crippen LogP contribution is -3.00. The molecule has 1 aliphatic rings. The maximum atomic E-state index is 11.7. The molecule has 1 aliphatic heterocycles. The third kappa shape index (κ3) is 18.9. The third-order valence-corrected chi connectivity index (χ3v) is 6.11. The van der Waals surface area contributed by atoms with Gasteiger partial charge in [-0.05, 0) is 63.9 Å². The standard InChI is InChI=1S/C14H17BrO3.C13H15BrO3.C3H9OS.HI/c1-10(2)18-13(16)7-8-14(9-17-14)11-3-5-12(15)6-4-11;1-9(2)17-13(16)8-7-12(15)10-3-5-11(14)6-4-10;1-5(2,3)4;/h3-6,10H,7-9H2,1-2H3;3-6,9H,7-8H2,1-2H3;1-3H3;1H/q;;+1;/p-1. The summed E-state index contributed by atoms with van der Waals surface area (Å²) in [5, 5.41) is 0. The van der Waals surface area contributed by atoms with E-state index >= 15 is 0 Å². The van der Waals surface area contributed by atoms with Crippen LogP contribution in [0.1, 0.15) is 69.3 Å². The van der Waals surface area contributed by atoms with Gasteiger partial charge in [0.1, 0.15) is 24.4 Å². The Morgan fingerprint density at radius 1 is 0.805 bits per heavy atom. The molecule has 2 aromatic carbocycles. The highest BCUT2D eigenvalue weighted by atomic mass is 127. The number of hydrogen-bond acceptors (Lipinski definition) is 7. The van der Waals surface area contributed by atoms with Crippen molar-refractivity contribution in [2.45, 2.75) is 71.2 Å². The summed E-state index contributed by atoms with van der Waals surface area (Å²) in [7, 11) is -1.42. The van der Waals surface area contributed by atoms with Crippen molar-refractivity contribution in [1.82, 2.24) is 0 Å². The fourth-order valence-electron chi connectivity index (χ4n) is 3.24. The van der Waals surface area contributed by atoms with E-state index in [9.17, 15) is 18.6 Å². The summed E-state index contributed by atoms with van der Waals surface area (Å²) in [5.74, 6) is -0.527. The number of ether oxygens (including phenoxy) is 3. The minimum Gasteiger partial charge on any atom is -1.00 e. The molecule has 1 unspecified atom stereocenters. The lowest BCUT2D eigenvalue weighted by molar-refractivity contribution is -0.148. The van der Waals surface area contributed by atoms with E-state index in [1.165, 1.54) is 0 Å². The van der Waals surface area contributed by atoms with E-state index in [-0.39, 0.29) is 72.3 Å². The summed E-state index contributed by atoms with van der Waals surface area (Å²) in [6.07, 6.45) is 6.35. The fraction of sp³-hybridized carbons (Fsp3) is 0.500. The molecule has 0 aliphatic carbocycles. The first-order valence-electron chi connectivity index (χ1n) is 13.0. The first-order chi connectivity index (χ1) is 18.5. The van der Waals surface area contributed by atoms with Crippen LogP contribution in [0, 0.1) is 0 Å². The van der Waals surface area contributed by atoms with Gasteiger partial charge in [-0.15, -0.1) is 4.21 Å². The molecule has 41 heavy (non-hydrogen) atoms. The van der Waals surface area contributed by atoms with Gasteiger partial charge >= 0.3 is 11.9 Å². The third-order valence-electron chi connectivity index (χ3n) is 5.05. The molecule has 7 nitrogen and oxygen atoms in total. The smallest absolute Gasteiger partial charge is 0.306 e. The van der Waals surface area contributed by atoms with Crippen LogP contribution < -0.4 is 24.0 Å². The van der Waals surface area contributed by atoms with Gasteiger partial charge in [0.05, 0.1) is 35.2 Å². The van der Waals surface area contributed by atoms with E-state index in [1.807, 2.05) is 38.1 Å². The minimum atomic E-state index is -1.42. The lowest BCUT2D eigenvalue weighted by Gasteiger charge is -2.13. The normalized spacial score (nSPS) is 15.4. The number of benzene rings is 2. The van der Waals surface area contributed by atoms with E-state index in [1.54, 1.807) is 56.9 Å². The highest BCUT2D eigenvalue weighted by Crippen LogP contribution is 2.43. The maximum absolute atomic E-state index is 11.7. The number of carbonyl (C=O) groups is 3. The van der Waals surface area contributed by atoms with Crippen molar-refractivity contribution in [3.63, 3.8) is 0 Å². The van der Waals surface area contributed by atoms with Gasteiger partial charge < -0.3 is 38.2 Å². The van der Waals surface area contributed by atoms with E-state index in [2.05, 4.69) is 31.9 Å². The summed E-state index contributed by atoms with van der Waals surface area (Å²) in [6.45, 7) is 7.97. The predicted octanol–water partition coefficient (Wildman–Crippen LogP) is 4.15. The Labute approximate surface area is 279 Å². The molecule has 0 aromatic heterocycles.